The van der Waals surface area contributed by atoms with Gasteiger partial charge in [0.05, 0.1) is 23.2 Å². The summed E-state index contributed by atoms with van der Waals surface area (Å²) in [6.45, 7) is 4.95. The standard InChI is InChI=1S/C24H26FN5O3/c1-11-3-19-23(29-8-11)12(2)17(9-27-19)16-4-13-5-20(28-10-18(13)22(26)21(16)25)33-24(32)30-14-6-15(31)7-14/h4-5,9-11,14-15,29,31H,3,6-8,26H2,1-2H3,(H,30,32)/t11-,14?,15?/m0/s1. The Morgan fingerprint density at radius 1 is 1.27 bits per heavy atom. The first-order valence-electron chi connectivity index (χ1n) is 11.1. The minimum Gasteiger partial charge on any atom is -0.396 e. The number of nitrogens with one attached hydrogen (secondary N) is 2. The second kappa shape index (κ2) is 8.15. The van der Waals surface area contributed by atoms with Gasteiger partial charge in [0.1, 0.15) is 0 Å². The summed E-state index contributed by atoms with van der Waals surface area (Å²) >= 11 is 0. The van der Waals surface area contributed by atoms with Crippen molar-refractivity contribution in [3.8, 4) is 17.0 Å². The maximum absolute atomic E-state index is 15.3. The van der Waals surface area contributed by atoms with E-state index in [1.165, 1.54) is 6.20 Å². The van der Waals surface area contributed by atoms with E-state index in [9.17, 15) is 9.90 Å². The van der Waals surface area contributed by atoms with Crippen molar-refractivity contribution in [3.05, 3.63) is 41.6 Å². The fraction of sp³-hybridized carbons (Fsp3) is 0.375. The molecule has 1 saturated carbocycles. The Labute approximate surface area is 190 Å². The lowest BCUT2D eigenvalue weighted by molar-refractivity contribution is 0.0630. The number of hydrogen-bond acceptors (Lipinski definition) is 7. The third-order valence-electron chi connectivity index (χ3n) is 6.48. The number of fused-ring (bicyclic) bond motifs is 2. The Bertz CT molecular complexity index is 1260. The highest BCUT2D eigenvalue weighted by molar-refractivity contribution is 5.98. The van der Waals surface area contributed by atoms with Crippen molar-refractivity contribution < 1.29 is 19.0 Å². The summed E-state index contributed by atoms with van der Waals surface area (Å²) < 4.78 is 20.6. The molecule has 0 radical (unpaired) electrons. The molecular formula is C24H26FN5O3. The van der Waals surface area contributed by atoms with Gasteiger partial charge in [-0.1, -0.05) is 6.92 Å². The van der Waals surface area contributed by atoms with Gasteiger partial charge in [0.2, 0.25) is 5.88 Å². The van der Waals surface area contributed by atoms with Gasteiger partial charge in [-0.2, -0.15) is 0 Å². The molecule has 1 aliphatic carbocycles. The van der Waals surface area contributed by atoms with E-state index < -0.39 is 11.9 Å². The van der Waals surface area contributed by atoms with Crippen LogP contribution in [0.4, 0.5) is 20.6 Å². The van der Waals surface area contributed by atoms with Crippen molar-refractivity contribution in [1.82, 2.24) is 15.3 Å². The van der Waals surface area contributed by atoms with E-state index in [4.69, 9.17) is 10.5 Å². The maximum Gasteiger partial charge on any atom is 0.414 e. The van der Waals surface area contributed by atoms with Gasteiger partial charge >= 0.3 is 6.09 Å². The summed E-state index contributed by atoms with van der Waals surface area (Å²) in [4.78, 5) is 20.8. The molecule has 9 heteroatoms. The molecule has 0 spiro atoms. The molecule has 5 rings (SSSR count). The Morgan fingerprint density at radius 3 is 2.82 bits per heavy atom. The number of nitrogens with two attached hydrogens (primary N) is 1. The average molecular weight is 452 g/mol. The SMILES string of the molecule is Cc1c(-c2cc3cc(OC(=O)NC4CC(O)C4)ncc3c(N)c2F)cnc2c1NC[C@@H](C)C2. The number of rotatable bonds is 3. The smallest absolute Gasteiger partial charge is 0.396 e. The van der Waals surface area contributed by atoms with Crippen LogP contribution in [-0.2, 0) is 6.42 Å². The van der Waals surface area contributed by atoms with Crippen LogP contribution in [0.3, 0.4) is 0 Å². The van der Waals surface area contributed by atoms with Crippen LogP contribution in [-0.4, -0.2) is 39.9 Å². The predicted molar refractivity (Wildman–Crippen MR) is 124 cm³/mol. The third kappa shape index (κ3) is 3.93. The summed E-state index contributed by atoms with van der Waals surface area (Å²) in [6.07, 6.45) is 3.93. The van der Waals surface area contributed by atoms with Crippen molar-refractivity contribution in [2.45, 2.75) is 45.3 Å². The number of hydrogen-bond donors (Lipinski definition) is 4. The molecule has 5 N–H and O–H groups in total. The van der Waals surface area contributed by atoms with E-state index in [1.54, 1.807) is 18.3 Å². The number of ether oxygens (including phenoxy) is 1. The number of nitrogen functional groups attached to an aromatic ring is 1. The predicted octanol–water partition coefficient (Wildman–Crippen LogP) is 3.54. The Morgan fingerprint density at radius 2 is 2.06 bits per heavy atom. The minimum atomic E-state index is -0.649. The molecule has 3 heterocycles. The second-order valence-electron chi connectivity index (χ2n) is 9.06. The molecule has 1 amide bonds. The molecule has 1 aromatic carbocycles. The van der Waals surface area contributed by atoms with Crippen LogP contribution in [0.5, 0.6) is 5.88 Å². The number of carbonyl (C=O) groups excluding carboxylic acids is 1. The number of benzene rings is 1. The zero-order valence-corrected chi connectivity index (χ0v) is 18.5. The summed E-state index contributed by atoms with van der Waals surface area (Å²) in [5, 5.41) is 16.5. The molecule has 8 nitrogen and oxygen atoms in total. The topological polar surface area (TPSA) is 122 Å². The molecule has 2 aliphatic rings. The zero-order chi connectivity index (χ0) is 23.3. The summed E-state index contributed by atoms with van der Waals surface area (Å²) in [7, 11) is 0. The van der Waals surface area contributed by atoms with Crippen LogP contribution < -0.4 is 21.1 Å². The molecular weight excluding hydrogens is 425 g/mol. The van der Waals surface area contributed by atoms with Crippen molar-refractivity contribution >= 4 is 28.2 Å². The molecule has 1 atom stereocenters. The molecule has 0 saturated heterocycles. The lowest BCUT2D eigenvalue weighted by atomic mass is 9.90. The zero-order valence-electron chi connectivity index (χ0n) is 18.5. The molecule has 33 heavy (non-hydrogen) atoms. The van der Waals surface area contributed by atoms with E-state index in [0.717, 1.165) is 29.9 Å². The Balaban J connectivity index is 1.48. The fourth-order valence-corrected chi connectivity index (χ4v) is 4.52. The van der Waals surface area contributed by atoms with Gasteiger partial charge in [0.25, 0.3) is 0 Å². The van der Waals surface area contributed by atoms with Crippen LogP contribution in [0, 0.1) is 18.7 Å². The maximum atomic E-state index is 15.3. The van der Waals surface area contributed by atoms with Gasteiger partial charge in [-0.05, 0) is 49.1 Å². The van der Waals surface area contributed by atoms with E-state index in [0.29, 0.717) is 40.7 Å². The van der Waals surface area contributed by atoms with Gasteiger partial charge in [-0.15, -0.1) is 0 Å². The largest absolute Gasteiger partial charge is 0.414 e. The first-order chi connectivity index (χ1) is 15.8. The lowest BCUT2D eigenvalue weighted by Gasteiger charge is -2.31. The van der Waals surface area contributed by atoms with Crippen LogP contribution in [0.15, 0.2) is 24.5 Å². The van der Waals surface area contributed by atoms with E-state index in [-0.39, 0.29) is 23.7 Å². The molecule has 0 unspecified atom stereocenters. The van der Waals surface area contributed by atoms with Gasteiger partial charge < -0.3 is 26.2 Å². The fourth-order valence-electron chi connectivity index (χ4n) is 4.52. The van der Waals surface area contributed by atoms with Crippen molar-refractivity contribution in [2.24, 2.45) is 5.92 Å². The number of aromatic nitrogens is 2. The first-order valence-corrected chi connectivity index (χ1v) is 11.1. The van der Waals surface area contributed by atoms with E-state index in [1.807, 2.05) is 6.92 Å². The van der Waals surface area contributed by atoms with Gasteiger partial charge in [0.15, 0.2) is 5.82 Å². The van der Waals surface area contributed by atoms with E-state index in [2.05, 4.69) is 27.5 Å². The molecule has 172 valence electrons. The minimum absolute atomic E-state index is 0.0202. The summed E-state index contributed by atoms with van der Waals surface area (Å²) in [5.41, 5.74) is 9.93. The Kier molecular flexibility index (Phi) is 5.28. The van der Waals surface area contributed by atoms with Crippen molar-refractivity contribution in [1.29, 1.82) is 0 Å². The molecule has 3 aromatic rings. The number of amides is 1. The number of pyridine rings is 2. The highest BCUT2D eigenvalue weighted by Crippen LogP contribution is 2.38. The molecule has 1 aliphatic heterocycles. The van der Waals surface area contributed by atoms with Gasteiger partial charge in [0, 0.05) is 47.6 Å². The van der Waals surface area contributed by atoms with Crippen molar-refractivity contribution in [2.75, 3.05) is 17.6 Å². The number of aliphatic hydroxyl groups excluding tert-OH is 1. The monoisotopic (exact) mass is 451 g/mol. The van der Waals surface area contributed by atoms with Crippen molar-refractivity contribution in [3.63, 3.8) is 0 Å². The molecule has 1 fully saturated rings. The van der Waals surface area contributed by atoms with Crippen LogP contribution >= 0.6 is 0 Å². The normalized spacial score (nSPS) is 21.6. The molecule has 0 bridgehead atoms. The number of carbonyl (C=O) groups is 1. The van der Waals surface area contributed by atoms with Crippen LogP contribution in [0.1, 0.15) is 31.0 Å². The van der Waals surface area contributed by atoms with Gasteiger partial charge in [-0.25, -0.2) is 14.2 Å². The van der Waals surface area contributed by atoms with Gasteiger partial charge in [-0.3, -0.25) is 4.98 Å². The van der Waals surface area contributed by atoms with Crippen LogP contribution in [0.2, 0.25) is 0 Å². The Hall–Kier alpha value is -3.46. The molecule has 2 aromatic heterocycles. The quantitative estimate of drug-likeness (QED) is 0.449. The number of nitrogens with zero attached hydrogens (tertiary/aromatic N) is 2. The second-order valence-corrected chi connectivity index (χ2v) is 9.06. The number of aliphatic hydroxyl groups is 1. The average Bonchev–Trinajstić information content (AvgIpc) is 2.75. The summed E-state index contributed by atoms with van der Waals surface area (Å²) in [6, 6.07) is 3.13. The number of halogens is 1. The van der Waals surface area contributed by atoms with Crippen LogP contribution in [0.25, 0.3) is 21.9 Å². The highest BCUT2D eigenvalue weighted by Gasteiger charge is 2.29. The lowest BCUT2D eigenvalue weighted by Crippen LogP contribution is -2.47. The first kappa shape index (κ1) is 21.4. The summed E-state index contributed by atoms with van der Waals surface area (Å²) in [5.74, 6) is 0.0295. The third-order valence-corrected chi connectivity index (χ3v) is 6.48. The van der Waals surface area contributed by atoms with E-state index >= 15 is 4.39 Å². The highest BCUT2D eigenvalue weighted by atomic mass is 19.1. The number of anilines is 2.